The number of benzene rings is 6. The van der Waals surface area contributed by atoms with Crippen LogP contribution in [-0.4, -0.2) is 0 Å². The smallest absolute Gasteiger partial charge is 1.00 e. The Morgan fingerprint density at radius 2 is 0.844 bits per heavy atom. The second-order valence-corrected chi connectivity index (χ2v) is 11.6. The standard InChI is InChI=1S/C22H19.C20H15.2ClH.Hf/c1-15(2)18-13-17-9-6-12-21(22(17)14-18)20-11-5-8-16-7-3-4-10-19(16)20;1-14-12-16-8-5-11-19(20(16)13-14)18-10-4-7-15-6-2-3-9-17(15)18;;;/h3-15H,1-2H3;2-13H,1H3;2*1H;/q2*-1;;;+4/p-2. The van der Waals surface area contributed by atoms with Crippen LogP contribution < -0.4 is 24.8 Å². The largest absolute Gasteiger partial charge is 4.00 e. The second kappa shape index (κ2) is 14.7. The minimum Gasteiger partial charge on any atom is -1.00 e. The molecular weight excluding hydrogens is 754 g/mol. The normalized spacial score (nSPS) is 10.7. The summed E-state index contributed by atoms with van der Waals surface area (Å²) in [7, 11) is 0. The molecule has 0 spiro atoms. The van der Waals surface area contributed by atoms with Gasteiger partial charge in [0.2, 0.25) is 0 Å². The van der Waals surface area contributed by atoms with Gasteiger partial charge in [-0.25, -0.2) is 0 Å². The third-order valence-corrected chi connectivity index (χ3v) is 8.49. The minimum atomic E-state index is 0. The van der Waals surface area contributed by atoms with E-state index < -0.39 is 0 Å². The molecule has 0 saturated carbocycles. The first-order valence-corrected chi connectivity index (χ1v) is 14.9. The van der Waals surface area contributed by atoms with E-state index in [0.717, 1.165) is 0 Å². The van der Waals surface area contributed by atoms with Gasteiger partial charge in [-0.2, -0.15) is 12.1 Å². The first kappa shape index (κ1) is 34.4. The Bertz CT molecular complexity index is 2190. The summed E-state index contributed by atoms with van der Waals surface area (Å²) in [5, 5.41) is 10.6. The molecule has 0 amide bonds. The van der Waals surface area contributed by atoms with Crippen LogP contribution in [0.3, 0.4) is 0 Å². The summed E-state index contributed by atoms with van der Waals surface area (Å²) in [5.74, 6) is 0.563. The van der Waals surface area contributed by atoms with Crippen LogP contribution in [0.2, 0.25) is 0 Å². The Kier molecular flexibility index (Phi) is 11.3. The topological polar surface area (TPSA) is 0 Å². The fourth-order valence-electron chi connectivity index (χ4n) is 6.37. The number of halogens is 2. The summed E-state index contributed by atoms with van der Waals surface area (Å²) >= 11 is 0. The minimum absolute atomic E-state index is 0. The van der Waals surface area contributed by atoms with Gasteiger partial charge in [-0.05, 0) is 38.6 Å². The number of fused-ring (bicyclic) bond motifs is 4. The Balaban J connectivity index is 0.000000193. The number of rotatable bonds is 3. The summed E-state index contributed by atoms with van der Waals surface area (Å²) < 4.78 is 0. The van der Waals surface area contributed by atoms with Crippen molar-refractivity contribution in [2.45, 2.75) is 26.7 Å². The van der Waals surface area contributed by atoms with Crippen LogP contribution >= 0.6 is 0 Å². The molecule has 0 aliphatic rings. The van der Waals surface area contributed by atoms with Crippen molar-refractivity contribution in [3.8, 4) is 22.3 Å². The van der Waals surface area contributed by atoms with Crippen LogP contribution in [0.5, 0.6) is 0 Å². The molecule has 0 heterocycles. The maximum Gasteiger partial charge on any atom is 4.00 e. The van der Waals surface area contributed by atoms with Crippen molar-refractivity contribution in [2.75, 3.05) is 0 Å². The van der Waals surface area contributed by atoms with Gasteiger partial charge in [0.25, 0.3) is 0 Å². The zero-order chi connectivity index (χ0) is 28.6. The first-order chi connectivity index (χ1) is 20.6. The van der Waals surface area contributed by atoms with Gasteiger partial charge in [0.15, 0.2) is 0 Å². The van der Waals surface area contributed by atoms with Crippen molar-refractivity contribution in [3.63, 3.8) is 0 Å². The van der Waals surface area contributed by atoms with Gasteiger partial charge in [0, 0.05) is 0 Å². The van der Waals surface area contributed by atoms with Crippen molar-refractivity contribution in [1.29, 1.82) is 0 Å². The molecule has 0 aromatic heterocycles. The molecular formula is C42H34Cl2Hf. The van der Waals surface area contributed by atoms with Gasteiger partial charge in [-0.1, -0.05) is 129 Å². The van der Waals surface area contributed by atoms with Crippen molar-refractivity contribution >= 4 is 43.1 Å². The molecule has 8 rings (SSSR count). The maximum atomic E-state index is 2.36. The summed E-state index contributed by atoms with van der Waals surface area (Å²) in [6, 6.07) is 52.8. The van der Waals surface area contributed by atoms with E-state index in [1.54, 1.807) is 0 Å². The van der Waals surface area contributed by atoms with Crippen molar-refractivity contribution in [3.05, 3.63) is 157 Å². The van der Waals surface area contributed by atoms with E-state index in [4.69, 9.17) is 0 Å². The van der Waals surface area contributed by atoms with Crippen LogP contribution in [-0.2, 0) is 25.8 Å². The van der Waals surface area contributed by atoms with Crippen molar-refractivity contribution in [2.24, 2.45) is 0 Å². The predicted octanol–water partition coefficient (Wildman–Crippen LogP) is 6.20. The molecule has 8 aromatic carbocycles. The zero-order valence-electron chi connectivity index (χ0n) is 25.7. The molecule has 0 aliphatic carbocycles. The Hall–Kier alpha value is -3.49. The molecule has 220 valence electrons. The molecule has 0 N–H and O–H groups in total. The fraction of sp³-hybridized carbons (Fsp3) is 0.0952. The van der Waals surface area contributed by atoms with Crippen molar-refractivity contribution in [1.82, 2.24) is 0 Å². The van der Waals surface area contributed by atoms with E-state index in [0.29, 0.717) is 5.92 Å². The molecule has 0 bridgehead atoms. The molecule has 3 heteroatoms. The average molecular weight is 788 g/mol. The maximum absolute atomic E-state index is 2.36. The Morgan fingerprint density at radius 1 is 0.444 bits per heavy atom. The molecule has 0 fully saturated rings. The first-order valence-electron chi connectivity index (χ1n) is 14.9. The van der Waals surface area contributed by atoms with E-state index in [9.17, 15) is 0 Å². The quantitative estimate of drug-likeness (QED) is 0.148. The summed E-state index contributed by atoms with van der Waals surface area (Å²) in [6.07, 6.45) is 0. The van der Waals surface area contributed by atoms with Crippen LogP contribution in [0, 0.1) is 6.92 Å². The molecule has 0 unspecified atom stereocenters. The number of hydrogen-bond donors (Lipinski definition) is 0. The van der Waals surface area contributed by atoms with Gasteiger partial charge < -0.3 is 24.8 Å². The zero-order valence-corrected chi connectivity index (χ0v) is 30.8. The molecule has 0 aliphatic heterocycles. The van der Waals surface area contributed by atoms with Gasteiger partial charge in [0.1, 0.15) is 0 Å². The van der Waals surface area contributed by atoms with Crippen LogP contribution in [0.1, 0.15) is 30.9 Å². The third kappa shape index (κ3) is 6.73. The Morgan fingerprint density at radius 3 is 1.36 bits per heavy atom. The fourth-order valence-corrected chi connectivity index (χ4v) is 6.37. The second-order valence-electron chi connectivity index (χ2n) is 11.6. The molecule has 0 radical (unpaired) electrons. The van der Waals surface area contributed by atoms with E-state index >= 15 is 0 Å². The van der Waals surface area contributed by atoms with Crippen LogP contribution in [0.4, 0.5) is 0 Å². The van der Waals surface area contributed by atoms with E-state index in [1.165, 1.54) is 76.5 Å². The summed E-state index contributed by atoms with van der Waals surface area (Å²) in [6.45, 7) is 6.67. The predicted molar refractivity (Wildman–Crippen MR) is 184 cm³/mol. The molecule has 45 heavy (non-hydrogen) atoms. The van der Waals surface area contributed by atoms with E-state index in [-0.39, 0.29) is 50.7 Å². The van der Waals surface area contributed by atoms with Crippen LogP contribution in [0.25, 0.3) is 65.3 Å². The number of aryl methyl sites for hydroxylation is 1. The van der Waals surface area contributed by atoms with Gasteiger partial charge >= 0.3 is 25.8 Å². The molecule has 0 atom stereocenters. The summed E-state index contributed by atoms with van der Waals surface area (Å²) in [5.41, 5.74) is 8.05. The molecule has 8 aromatic rings. The van der Waals surface area contributed by atoms with Gasteiger partial charge in [-0.15, -0.1) is 69.1 Å². The third-order valence-electron chi connectivity index (χ3n) is 8.49. The Labute approximate surface area is 297 Å². The van der Waals surface area contributed by atoms with Gasteiger partial charge in [-0.3, -0.25) is 0 Å². The van der Waals surface area contributed by atoms with E-state index in [1.807, 2.05) is 0 Å². The average Bonchev–Trinajstić information content (AvgIpc) is 3.64. The van der Waals surface area contributed by atoms with E-state index in [2.05, 4.69) is 166 Å². The number of hydrogen-bond acceptors (Lipinski definition) is 0. The van der Waals surface area contributed by atoms with Crippen molar-refractivity contribution < 1.29 is 50.7 Å². The summed E-state index contributed by atoms with van der Waals surface area (Å²) in [4.78, 5) is 0. The molecule has 0 nitrogen and oxygen atoms in total. The SMILES string of the molecule is CC(C)c1cc2c(-c3cccc4ccccc34)cccc2[cH-]1.Cc1cc2c(-c3cccc4ccccc34)cccc2[cH-]1.[Cl-].[Cl-].[Hf+4]. The molecule has 0 saturated heterocycles. The van der Waals surface area contributed by atoms with Gasteiger partial charge in [0.05, 0.1) is 0 Å². The monoisotopic (exact) mass is 788 g/mol. The van der Waals surface area contributed by atoms with Crippen LogP contribution in [0.15, 0.2) is 146 Å².